The zero-order valence-corrected chi connectivity index (χ0v) is 14.2. The molecule has 2 aromatic carbocycles. The van der Waals surface area contributed by atoms with Crippen molar-refractivity contribution in [1.82, 2.24) is 4.31 Å². The van der Waals surface area contributed by atoms with Crippen molar-refractivity contribution in [3.05, 3.63) is 63.3 Å². The normalized spacial score (nSPS) is 11.9. The first-order chi connectivity index (χ1) is 9.82. The zero-order valence-electron chi connectivity index (χ0n) is 11.1. The summed E-state index contributed by atoms with van der Waals surface area (Å²) in [6.45, 7) is 0.0635. The van der Waals surface area contributed by atoms with Crippen LogP contribution in [0, 0.1) is 5.82 Å². The van der Waals surface area contributed by atoms with Gasteiger partial charge in [0, 0.05) is 23.1 Å². The van der Waals surface area contributed by atoms with Crippen LogP contribution in [-0.2, 0) is 16.6 Å². The molecule has 0 atom stereocenters. The number of sulfonamides is 1. The first-order valence-corrected chi connectivity index (χ1v) is 8.58. The lowest BCUT2D eigenvalue weighted by molar-refractivity contribution is 0.460. The zero-order chi connectivity index (χ0) is 15.6. The molecule has 0 N–H and O–H groups in total. The van der Waals surface area contributed by atoms with Gasteiger partial charge in [0.25, 0.3) is 0 Å². The molecular weight excluding hydrogens is 381 g/mol. The average Bonchev–Trinajstić information content (AvgIpc) is 2.43. The molecule has 0 amide bonds. The summed E-state index contributed by atoms with van der Waals surface area (Å²) in [5.41, 5.74) is 0.653. The van der Waals surface area contributed by atoms with Gasteiger partial charge >= 0.3 is 0 Å². The van der Waals surface area contributed by atoms with Gasteiger partial charge in [-0.05, 0) is 29.8 Å². The molecule has 0 spiro atoms. The third kappa shape index (κ3) is 3.63. The van der Waals surface area contributed by atoms with E-state index in [1.165, 1.54) is 19.2 Å². The van der Waals surface area contributed by atoms with E-state index in [2.05, 4.69) is 15.9 Å². The number of hydrogen-bond donors (Lipinski definition) is 0. The second-order valence-corrected chi connectivity index (χ2v) is 7.76. The van der Waals surface area contributed by atoms with Crippen molar-refractivity contribution in [2.45, 2.75) is 11.4 Å². The van der Waals surface area contributed by atoms with E-state index >= 15 is 0 Å². The van der Waals surface area contributed by atoms with Crippen molar-refractivity contribution in [3.8, 4) is 0 Å². The Kier molecular flexibility index (Phi) is 5.03. The fourth-order valence-electron chi connectivity index (χ4n) is 1.79. The van der Waals surface area contributed by atoms with Gasteiger partial charge in [-0.3, -0.25) is 0 Å². The summed E-state index contributed by atoms with van der Waals surface area (Å²) in [5, 5.41) is 0.467. The van der Waals surface area contributed by atoms with Crippen LogP contribution in [0.15, 0.2) is 51.8 Å². The minimum absolute atomic E-state index is 0.0635. The smallest absolute Gasteiger partial charge is 0.207 e. The monoisotopic (exact) mass is 391 g/mol. The molecule has 7 heteroatoms. The molecule has 112 valence electrons. The molecule has 0 heterocycles. The Morgan fingerprint density at radius 1 is 1.24 bits per heavy atom. The van der Waals surface area contributed by atoms with E-state index in [9.17, 15) is 12.8 Å². The van der Waals surface area contributed by atoms with E-state index in [1.807, 2.05) is 0 Å². The Morgan fingerprint density at radius 3 is 2.57 bits per heavy atom. The van der Waals surface area contributed by atoms with Crippen LogP contribution in [0.4, 0.5) is 4.39 Å². The highest BCUT2D eigenvalue weighted by molar-refractivity contribution is 9.10. The van der Waals surface area contributed by atoms with Crippen molar-refractivity contribution in [2.24, 2.45) is 0 Å². The van der Waals surface area contributed by atoms with Crippen molar-refractivity contribution in [2.75, 3.05) is 7.05 Å². The Balaban J connectivity index is 2.35. The van der Waals surface area contributed by atoms with Gasteiger partial charge in [0.05, 0.1) is 0 Å². The molecule has 0 bridgehead atoms. The molecule has 2 rings (SSSR count). The first kappa shape index (κ1) is 16.4. The molecule has 0 fully saturated rings. The SMILES string of the molecule is CN(Cc1ccccc1Cl)S(=O)(=O)c1cc(Br)ccc1F. The Bertz CT molecular complexity index is 767. The summed E-state index contributed by atoms with van der Waals surface area (Å²) < 4.78 is 40.2. The maximum Gasteiger partial charge on any atom is 0.246 e. The van der Waals surface area contributed by atoms with Gasteiger partial charge in [0.15, 0.2) is 0 Å². The van der Waals surface area contributed by atoms with E-state index in [0.717, 1.165) is 10.4 Å². The van der Waals surface area contributed by atoms with Crippen LogP contribution in [0.25, 0.3) is 0 Å². The number of benzene rings is 2. The third-order valence-electron chi connectivity index (χ3n) is 2.93. The molecule has 0 aliphatic heterocycles. The second kappa shape index (κ2) is 6.44. The Hall–Kier alpha value is -0.950. The average molecular weight is 393 g/mol. The lowest BCUT2D eigenvalue weighted by atomic mass is 10.2. The van der Waals surface area contributed by atoms with Crippen LogP contribution < -0.4 is 0 Å². The van der Waals surface area contributed by atoms with Crippen LogP contribution in [0.3, 0.4) is 0 Å². The predicted molar refractivity (Wildman–Crippen MR) is 84.2 cm³/mol. The largest absolute Gasteiger partial charge is 0.246 e. The van der Waals surface area contributed by atoms with Crippen LogP contribution in [-0.4, -0.2) is 19.8 Å². The summed E-state index contributed by atoms with van der Waals surface area (Å²) >= 11 is 9.16. The number of hydrogen-bond acceptors (Lipinski definition) is 2. The lowest BCUT2D eigenvalue weighted by Crippen LogP contribution is -2.27. The van der Waals surface area contributed by atoms with Gasteiger partial charge in [0.1, 0.15) is 10.7 Å². The number of nitrogens with zero attached hydrogens (tertiary/aromatic N) is 1. The molecule has 3 nitrogen and oxygen atoms in total. The molecule has 2 aromatic rings. The maximum atomic E-state index is 13.8. The summed E-state index contributed by atoms with van der Waals surface area (Å²) in [6.07, 6.45) is 0. The fourth-order valence-corrected chi connectivity index (χ4v) is 3.74. The minimum atomic E-state index is -3.94. The van der Waals surface area contributed by atoms with E-state index in [1.54, 1.807) is 24.3 Å². The topological polar surface area (TPSA) is 37.4 Å². The number of rotatable bonds is 4. The first-order valence-electron chi connectivity index (χ1n) is 5.97. The highest BCUT2D eigenvalue weighted by Crippen LogP contribution is 2.25. The Labute approximate surface area is 136 Å². The molecule has 0 saturated carbocycles. The van der Waals surface area contributed by atoms with Crippen molar-refractivity contribution in [3.63, 3.8) is 0 Å². The van der Waals surface area contributed by atoms with E-state index in [-0.39, 0.29) is 11.4 Å². The van der Waals surface area contributed by atoms with Gasteiger partial charge < -0.3 is 0 Å². The van der Waals surface area contributed by atoms with E-state index in [0.29, 0.717) is 15.1 Å². The maximum absolute atomic E-state index is 13.8. The standard InChI is InChI=1S/C14H12BrClFNO2S/c1-18(9-10-4-2-3-5-12(10)16)21(19,20)14-8-11(15)6-7-13(14)17/h2-8H,9H2,1H3. The quantitative estimate of drug-likeness (QED) is 0.787. The molecule has 0 aromatic heterocycles. The molecule has 0 aliphatic rings. The van der Waals surface area contributed by atoms with Gasteiger partial charge in [-0.1, -0.05) is 45.7 Å². The summed E-state index contributed by atoms with van der Waals surface area (Å²) in [4.78, 5) is -0.369. The van der Waals surface area contributed by atoms with Gasteiger partial charge in [-0.15, -0.1) is 0 Å². The molecular formula is C14H12BrClFNO2S. The highest BCUT2D eigenvalue weighted by Gasteiger charge is 2.25. The van der Waals surface area contributed by atoms with E-state index < -0.39 is 15.8 Å². The second-order valence-electron chi connectivity index (χ2n) is 4.43. The van der Waals surface area contributed by atoms with Gasteiger partial charge in [-0.2, -0.15) is 4.31 Å². The number of halogens is 3. The van der Waals surface area contributed by atoms with Crippen LogP contribution in [0.5, 0.6) is 0 Å². The van der Waals surface area contributed by atoms with Crippen molar-refractivity contribution < 1.29 is 12.8 Å². The fraction of sp³-hybridized carbons (Fsp3) is 0.143. The van der Waals surface area contributed by atoms with Gasteiger partial charge in [-0.25, -0.2) is 12.8 Å². The summed E-state index contributed by atoms with van der Waals surface area (Å²) in [5.74, 6) is -0.788. The van der Waals surface area contributed by atoms with Crippen LogP contribution >= 0.6 is 27.5 Å². The van der Waals surface area contributed by atoms with Gasteiger partial charge in [0.2, 0.25) is 10.0 Å². The predicted octanol–water partition coefficient (Wildman–Crippen LogP) is 4.06. The van der Waals surface area contributed by atoms with Crippen molar-refractivity contribution >= 4 is 37.6 Å². The van der Waals surface area contributed by atoms with E-state index in [4.69, 9.17) is 11.6 Å². The van der Waals surface area contributed by atoms with Crippen LogP contribution in [0.2, 0.25) is 5.02 Å². The van der Waals surface area contributed by atoms with Crippen LogP contribution in [0.1, 0.15) is 5.56 Å². The summed E-state index contributed by atoms with van der Waals surface area (Å²) in [6, 6.07) is 10.7. The summed E-state index contributed by atoms with van der Waals surface area (Å²) in [7, 11) is -2.55. The van der Waals surface area contributed by atoms with Crippen molar-refractivity contribution in [1.29, 1.82) is 0 Å². The molecule has 0 unspecified atom stereocenters. The molecule has 21 heavy (non-hydrogen) atoms. The minimum Gasteiger partial charge on any atom is -0.207 e. The third-order valence-corrected chi connectivity index (χ3v) is 5.61. The molecule has 0 radical (unpaired) electrons. The lowest BCUT2D eigenvalue weighted by Gasteiger charge is -2.18. The highest BCUT2D eigenvalue weighted by atomic mass is 79.9. The molecule has 0 saturated heterocycles. The Morgan fingerprint density at radius 2 is 1.90 bits per heavy atom. The molecule has 0 aliphatic carbocycles.